The van der Waals surface area contributed by atoms with Crippen molar-refractivity contribution in [1.29, 1.82) is 0 Å². The van der Waals surface area contributed by atoms with Crippen LogP contribution >= 0.6 is 0 Å². The summed E-state index contributed by atoms with van der Waals surface area (Å²) in [6.45, 7) is 4.26. The molecule has 33 heavy (non-hydrogen) atoms. The second kappa shape index (κ2) is 9.35. The van der Waals surface area contributed by atoms with Gasteiger partial charge in [-0.05, 0) is 30.3 Å². The van der Waals surface area contributed by atoms with Crippen molar-refractivity contribution >= 4 is 28.1 Å². The lowest BCUT2D eigenvalue weighted by molar-refractivity contribution is 0.417. The Bertz CT molecular complexity index is 1270. The number of benzene rings is 1. The first-order valence-electron chi connectivity index (χ1n) is 10.9. The Morgan fingerprint density at radius 1 is 1.12 bits per heavy atom. The highest BCUT2D eigenvalue weighted by Crippen LogP contribution is 2.29. The lowest BCUT2D eigenvalue weighted by atomic mass is 10.1. The molecular formula is C24H26N8O. The van der Waals surface area contributed by atoms with E-state index in [4.69, 9.17) is 20.4 Å². The van der Waals surface area contributed by atoms with Crippen LogP contribution in [0.15, 0.2) is 55.0 Å². The average Bonchev–Trinajstić information content (AvgIpc) is 2.88. The molecule has 9 nitrogen and oxygen atoms in total. The van der Waals surface area contributed by atoms with Crippen LogP contribution in [0.25, 0.3) is 22.3 Å². The maximum atomic E-state index is 6.00. The van der Waals surface area contributed by atoms with Crippen LogP contribution in [0.5, 0.6) is 5.75 Å². The minimum Gasteiger partial charge on any atom is -0.494 e. The number of hydrogen-bond donors (Lipinski definition) is 3. The number of ether oxygens (including phenoxy) is 1. The summed E-state index contributed by atoms with van der Waals surface area (Å²) in [5.41, 5.74) is 10.4. The van der Waals surface area contributed by atoms with Gasteiger partial charge in [0, 0.05) is 55.9 Å². The zero-order valence-corrected chi connectivity index (χ0v) is 18.5. The van der Waals surface area contributed by atoms with Crippen molar-refractivity contribution in [3.63, 3.8) is 0 Å². The molecule has 1 saturated heterocycles. The van der Waals surface area contributed by atoms with E-state index in [1.165, 1.54) is 5.69 Å². The fraction of sp³-hybridized carbons (Fsp3) is 0.250. The topological polar surface area (TPSA) is 114 Å². The van der Waals surface area contributed by atoms with Crippen molar-refractivity contribution in [2.24, 2.45) is 5.73 Å². The number of nitrogens with one attached hydrogen (secondary N) is 2. The van der Waals surface area contributed by atoms with Gasteiger partial charge in [-0.15, -0.1) is 0 Å². The van der Waals surface area contributed by atoms with E-state index in [0.29, 0.717) is 28.6 Å². The van der Waals surface area contributed by atoms with E-state index in [1.54, 1.807) is 25.7 Å². The van der Waals surface area contributed by atoms with E-state index in [9.17, 15) is 0 Å². The fourth-order valence-corrected chi connectivity index (χ4v) is 4.05. The third-order valence-corrected chi connectivity index (χ3v) is 5.68. The number of fused-ring (bicyclic) bond motifs is 1. The maximum absolute atomic E-state index is 6.00. The molecular weight excluding hydrogens is 416 g/mol. The number of aromatic nitrogens is 4. The van der Waals surface area contributed by atoms with Crippen LogP contribution in [0.1, 0.15) is 5.69 Å². The zero-order chi connectivity index (χ0) is 22.6. The normalized spacial score (nSPS) is 13.8. The van der Waals surface area contributed by atoms with Crippen LogP contribution in [0.3, 0.4) is 0 Å². The summed E-state index contributed by atoms with van der Waals surface area (Å²) in [4.78, 5) is 20.5. The first kappa shape index (κ1) is 21.0. The number of rotatable bonds is 6. The first-order chi connectivity index (χ1) is 16.2. The molecule has 0 aliphatic carbocycles. The van der Waals surface area contributed by atoms with Crippen LogP contribution in [0.2, 0.25) is 0 Å². The number of piperazine rings is 1. The van der Waals surface area contributed by atoms with Crippen LogP contribution in [0, 0.1) is 0 Å². The van der Waals surface area contributed by atoms with Gasteiger partial charge in [0.15, 0.2) is 5.82 Å². The molecule has 1 aromatic carbocycles. The number of pyridine rings is 2. The van der Waals surface area contributed by atoms with Gasteiger partial charge < -0.3 is 26.0 Å². The SMILES string of the molecule is COc1cncc2nc(-c3ccnc(Nc4cccc(N5CCNCC5)c4)c3)nc(CN)c12. The second-order valence-electron chi connectivity index (χ2n) is 7.78. The van der Waals surface area contributed by atoms with Crippen molar-refractivity contribution in [3.8, 4) is 17.1 Å². The molecule has 4 N–H and O–H groups in total. The van der Waals surface area contributed by atoms with Gasteiger partial charge in [-0.25, -0.2) is 15.0 Å². The molecule has 0 radical (unpaired) electrons. The molecule has 1 aliphatic heterocycles. The van der Waals surface area contributed by atoms with E-state index < -0.39 is 0 Å². The zero-order valence-electron chi connectivity index (χ0n) is 18.5. The first-order valence-corrected chi connectivity index (χ1v) is 10.9. The van der Waals surface area contributed by atoms with Gasteiger partial charge in [-0.1, -0.05) is 6.07 Å². The third kappa shape index (κ3) is 4.41. The summed E-state index contributed by atoms with van der Waals surface area (Å²) >= 11 is 0. The van der Waals surface area contributed by atoms with Crippen molar-refractivity contribution < 1.29 is 4.74 Å². The Balaban J connectivity index is 1.45. The number of nitrogens with two attached hydrogens (primary N) is 1. The largest absolute Gasteiger partial charge is 0.494 e. The number of anilines is 3. The molecule has 5 rings (SSSR count). The summed E-state index contributed by atoms with van der Waals surface area (Å²) in [6.07, 6.45) is 5.09. The molecule has 0 saturated carbocycles. The van der Waals surface area contributed by atoms with Crippen LogP contribution in [-0.2, 0) is 6.54 Å². The molecule has 1 aliphatic rings. The molecule has 0 bridgehead atoms. The predicted octanol–water partition coefficient (Wildman–Crippen LogP) is 2.71. The van der Waals surface area contributed by atoms with Crippen LogP contribution in [-0.4, -0.2) is 53.2 Å². The van der Waals surface area contributed by atoms with E-state index >= 15 is 0 Å². The van der Waals surface area contributed by atoms with Gasteiger partial charge in [-0.3, -0.25) is 4.98 Å². The minimum absolute atomic E-state index is 0.265. The van der Waals surface area contributed by atoms with Gasteiger partial charge in [0.1, 0.15) is 11.6 Å². The molecule has 4 aromatic rings. The molecule has 1 fully saturated rings. The van der Waals surface area contributed by atoms with Crippen molar-refractivity contribution in [1.82, 2.24) is 25.3 Å². The summed E-state index contributed by atoms with van der Waals surface area (Å²) in [7, 11) is 1.60. The monoisotopic (exact) mass is 442 g/mol. The standard InChI is InChI=1S/C24H26N8O/c1-33-21-15-27-14-20-23(21)19(13-25)30-24(31-20)16-5-6-28-22(11-16)29-17-3-2-4-18(12-17)32-9-7-26-8-10-32/h2-6,11-12,14-15,26H,7-10,13,25H2,1H3,(H,28,29). The highest BCUT2D eigenvalue weighted by atomic mass is 16.5. The van der Waals surface area contributed by atoms with Gasteiger partial charge in [0.05, 0.1) is 36.1 Å². The van der Waals surface area contributed by atoms with Gasteiger partial charge >= 0.3 is 0 Å². The Kier molecular flexibility index (Phi) is 5.97. The van der Waals surface area contributed by atoms with Crippen molar-refractivity contribution in [3.05, 3.63) is 60.7 Å². The minimum atomic E-state index is 0.265. The fourth-order valence-electron chi connectivity index (χ4n) is 4.05. The lowest BCUT2D eigenvalue weighted by Crippen LogP contribution is -2.43. The summed E-state index contributed by atoms with van der Waals surface area (Å²) in [5, 5.41) is 7.59. The quantitative estimate of drug-likeness (QED) is 0.415. The Morgan fingerprint density at radius 2 is 2.00 bits per heavy atom. The van der Waals surface area contributed by atoms with Crippen molar-refractivity contribution in [2.45, 2.75) is 6.54 Å². The highest BCUT2D eigenvalue weighted by molar-refractivity contribution is 5.87. The van der Waals surface area contributed by atoms with Crippen LogP contribution in [0.4, 0.5) is 17.2 Å². The van der Waals surface area contributed by atoms with Gasteiger partial charge in [0.2, 0.25) is 0 Å². The lowest BCUT2D eigenvalue weighted by Gasteiger charge is -2.29. The van der Waals surface area contributed by atoms with E-state index in [-0.39, 0.29) is 6.54 Å². The van der Waals surface area contributed by atoms with E-state index in [0.717, 1.165) is 42.8 Å². The van der Waals surface area contributed by atoms with Gasteiger partial charge in [-0.2, -0.15) is 0 Å². The molecule has 0 spiro atoms. The smallest absolute Gasteiger partial charge is 0.160 e. The summed E-state index contributed by atoms with van der Waals surface area (Å²) in [6, 6.07) is 12.2. The predicted molar refractivity (Wildman–Crippen MR) is 130 cm³/mol. The average molecular weight is 443 g/mol. The maximum Gasteiger partial charge on any atom is 0.160 e. The Morgan fingerprint density at radius 3 is 2.82 bits per heavy atom. The second-order valence-corrected chi connectivity index (χ2v) is 7.78. The molecule has 0 unspecified atom stereocenters. The van der Waals surface area contributed by atoms with Crippen LogP contribution < -0.4 is 26.0 Å². The molecule has 0 amide bonds. The molecule has 168 valence electrons. The van der Waals surface area contributed by atoms with E-state index in [1.807, 2.05) is 18.2 Å². The van der Waals surface area contributed by atoms with Crippen molar-refractivity contribution in [2.75, 3.05) is 43.5 Å². The van der Waals surface area contributed by atoms with E-state index in [2.05, 4.69) is 43.7 Å². The number of hydrogen-bond acceptors (Lipinski definition) is 9. The molecule has 9 heteroatoms. The summed E-state index contributed by atoms with van der Waals surface area (Å²) in [5.74, 6) is 1.89. The van der Waals surface area contributed by atoms with Gasteiger partial charge in [0.25, 0.3) is 0 Å². The number of nitrogens with zero attached hydrogens (tertiary/aromatic N) is 5. The molecule has 0 atom stereocenters. The highest BCUT2D eigenvalue weighted by Gasteiger charge is 2.14. The molecule has 4 heterocycles. The Labute approximate surface area is 192 Å². The summed E-state index contributed by atoms with van der Waals surface area (Å²) < 4.78 is 5.43. The third-order valence-electron chi connectivity index (χ3n) is 5.68. The Hall–Kier alpha value is -3.82. The molecule has 3 aromatic heterocycles. The number of methoxy groups -OCH3 is 1.